The van der Waals surface area contributed by atoms with Gasteiger partial charge in [0, 0.05) is 5.56 Å². The van der Waals surface area contributed by atoms with E-state index in [1.54, 1.807) is 54.6 Å². The second-order valence-electron chi connectivity index (χ2n) is 9.44. The molecule has 4 aromatic rings. The van der Waals surface area contributed by atoms with Gasteiger partial charge in [-0.2, -0.15) is 5.06 Å². The van der Waals surface area contributed by atoms with Crippen molar-refractivity contribution in [3.05, 3.63) is 124 Å². The van der Waals surface area contributed by atoms with Crippen LogP contribution in [0.25, 0.3) is 17.5 Å². The molecule has 44 heavy (non-hydrogen) atoms. The summed E-state index contributed by atoms with van der Waals surface area (Å²) in [4.78, 5) is 66.3. The summed E-state index contributed by atoms with van der Waals surface area (Å²) >= 11 is 0. The Morgan fingerprint density at radius 2 is 1.73 bits per heavy atom. The summed E-state index contributed by atoms with van der Waals surface area (Å²) in [5, 5.41) is 3.29. The number of Topliss-reactive ketones (excluding diaryl/α,β-unsaturated/α-hetero) is 1. The fourth-order valence-electron chi connectivity index (χ4n) is 4.28. The Hall–Kier alpha value is -5.75. The first-order valence-electron chi connectivity index (χ1n) is 13.5. The van der Waals surface area contributed by atoms with E-state index in [0.717, 1.165) is 21.4 Å². The maximum Gasteiger partial charge on any atom is 0.280 e. The minimum Gasteiger partial charge on any atom is -0.473 e. The molecule has 1 N–H and O–H groups in total. The molecule has 0 bridgehead atoms. The number of nitrogens with one attached hydrogen (secondary N) is 1. The number of amides is 2. The number of rotatable bonds is 12. The van der Waals surface area contributed by atoms with E-state index in [0.29, 0.717) is 24.1 Å². The van der Waals surface area contributed by atoms with Gasteiger partial charge in [0.15, 0.2) is 5.69 Å². The van der Waals surface area contributed by atoms with Crippen LogP contribution in [0, 0.1) is 5.82 Å². The van der Waals surface area contributed by atoms with Crippen molar-refractivity contribution in [2.24, 2.45) is 4.99 Å². The fraction of sp³-hybridized carbons (Fsp3) is 0.125. The third kappa shape index (κ3) is 7.17. The zero-order valence-corrected chi connectivity index (χ0v) is 23.3. The van der Waals surface area contributed by atoms with Gasteiger partial charge < -0.3 is 10.1 Å². The molecule has 11 nitrogen and oxygen atoms in total. The number of aliphatic imine (C=N–C) groups is 1. The van der Waals surface area contributed by atoms with Crippen LogP contribution in [0.15, 0.2) is 107 Å². The number of carbonyl (C=O) groups is 3. The van der Waals surface area contributed by atoms with E-state index in [2.05, 4.69) is 15.3 Å². The maximum absolute atomic E-state index is 13.8. The van der Waals surface area contributed by atoms with Crippen LogP contribution in [0.3, 0.4) is 0 Å². The van der Waals surface area contributed by atoms with E-state index in [1.165, 1.54) is 30.3 Å². The predicted octanol–water partition coefficient (Wildman–Crippen LogP) is 3.30. The molecule has 5 rings (SSSR count). The van der Waals surface area contributed by atoms with Crippen LogP contribution in [0.2, 0.25) is 0 Å². The average Bonchev–Trinajstić information content (AvgIpc) is 3.59. The zero-order chi connectivity index (χ0) is 30.9. The molecule has 0 saturated carbocycles. The van der Waals surface area contributed by atoms with E-state index in [4.69, 9.17) is 9.57 Å². The summed E-state index contributed by atoms with van der Waals surface area (Å²) < 4.78 is 20.0. The third-order valence-corrected chi connectivity index (χ3v) is 6.39. The standard InChI is InChI=1S/C32H26FN5O6/c33-25-13-11-24(12-14-25)30-35-18-27(38(21-39)44-20-23-9-5-2-6-10-23)32(42)37(30)19-28(40)36-26(17-22-7-3-1-4-8-22)29(41)31-34-15-16-43-31/h1-14,17-18,21H,15-16,19-20H2,(H,36,40). The van der Waals surface area contributed by atoms with Gasteiger partial charge >= 0.3 is 0 Å². The van der Waals surface area contributed by atoms with Crippen LogP contribution in [-0.2, 0) is 37.1 Å². The lowest BCUT2D eigenvalue weighted by molar-refractivity contribution is -0.122. The number of ketones is 1. The average molecular weight is 596 g/mol. The summed E-state index contributed by atoms with van der Waals surface area (Å²) in [6.45, 7) is -0.102. The summed E-state index contributed by atoms with van der Waals surface area (Å²) in [5.41, 5.74) is 0.518. The second-order valence-corrected chi connectivity index (χ2v) is 9.44. The molecule has 0 atom stereocenters. The third-order valence-electron chi connectivity index (χ3n) is 6.39. The number of benzene rings is 3. The van der Waals surface area contributed by atoms with Gasteiger partial charge in [0.25, 0.3) is 17.2 Å². The number of aromatic nitrogens is 2. The van der Waals surface area contributed by atoms with Crippen molar-refractivity contribution in [1.29, 1.82) is 0 Å². The molecule has 0 aliphatic carbocycles. The van der Waals surface area contributed by atoms with E-state index in [-0.39, 0.29) is 36.3 Å². The van der Waals surface area contributed by atoms with Crippen LogP contribution in [0.4, 0.5) is 10.1 Å². The van der Waals surface area contributed by atoms with Crippen molar-refractivity contribution in [3.8, 4) is 11.4 Å². The van der Waals surface area contributed by atoms with E-state index >= 15 is 0 Å². The molecule has 0 spiro atoms. The Labute approximate surface area is 250 Å². The van der Waals surface area contributed by atoms with E-state index in [1.807, 2.05) is 6.07 Å². The first kappa shape index (κ1) is 29.7. The normalized spacial score (nSPS) is 12.7. The molecule has 3 aromatic carbocycles. The van der Waals surface area contributed by atoms with Gasteiger partial charge in [-0.15, -0.1) is 0 Å². The molecule has 0 radical (unpaired) electrons. The highest BCUT2D eigenvalue weighted by Crippen LogP contribution is 2.19. The highest BCUT2D eigenvalue weighted by Gasteiger charge is 2.25. The highest BCUT2D eigenvalue weighted by molar-refractivity contribution is 6.44. The Bertz CT molecular complexity index is 1770. The van der Waals surface area contributed by atoms with Crippen molar-refractivity contribution < 1.29 is 28.3 Å². The minimum atomic E-state index is -0.793. The molecular formula is C32H26FN5O6. The van der Waals surface area contributed by atoms with Gasteiger partial charge in [0.1, 0.15) is 31.4 Å². The van der Waals surface area contributed by atoms with Crippen LogP contribution < -0.4 is 15.9 Å². The molecule has 0 fully saturated rings. The number of carbonyl (C=O) groups excluding carboxylic acids is 3. The molecule has 2 amide bonds. The summed E-state index contributed by atoms with van der Waals surface area (Å²) in [6, 6.07) is 23.0. The smallest absolute Gasteiger partial charge is 0.280 e. The molecule has 1 aliphatic rings. The fourth-order valence-corrected chi connectivity index (χ4v) is 4.28. The molecule has 1 aromatic heterocycles. The van der Waals surface area contributed by atoms with E-state index < -0.39 is 29.6 Å². The van der Waals surface area contributed by atoms with Gasteiger partial charge in [0.05, 0.1) is 18.4 Å². The molecule has 2 heterocycles. The van der Waals surface area contributed by atoms with Gasteiger partial charge in [-0.1, -0.05) is 60.7 Å². The first-order chi connectivity index (χ1) is 21.4. The van der Waals surface area contributed by atoms with Gasteiger partial charge in [-0.05, 0) is 41.5 Å². The van der Waals surface area contributed by atoms with Crippen molar-refractivity contribution in [2.45, 2.75) is 13.2 Å². The number of nitrogens with zero attached hydrogens (tertiary/aromatic N) is 4. The maximum atomic E-state index is 13.8. The predicted molar refractivity (Wildman–Crippen MR) is 159 cm³/mol. The van der Waals surface area contributed by atoms with Crippen molar-refractivity contribution in [2.75, 3.05) is 18.2 Å². The molecule has 1 aliphatic heterocycles. The summed E-state index contributed by atoms with van der Waals surface area (Å²) in [6.07, 6.45) is 2.91. The van der Waals surface area contributed by atoms with Gasteiger partial charge in [-0.3, -0.25) is 28.6 Å². The van der Waals surface area contributed by atoms with Crippen LogP contribution >= 0.6 is 0 Å². The van der Waals surface area contributed by atoms with Crippen molar-refractivity contribution in [3.63, 3.8) is 0 Å². The number of hydroxylamine groups is 1. The Kier molecular flexibility index (Phi) is 9.42. The number of hydrogen-bond acceptors (Lipinski definition) is 8. The van der Waals surface area contributed by atoms with Crippen LogP contribution in [-0.4, -0.2) is 46.7 Å². The topological polar surface area (TPSA) is 132 Å². The minimum absolute atomic E-state index is 0.0197. The van der Waals surface area contributed by atoms with Crippen molar-refractivity contribution >= 4 is 35.8 Å². The quantitative estimate of drug-likeness (QED) is 0.151. The lowest BCUT2D eigenvalue weighted by Crippen LogP contribution is -2.38. The van der Waals surface area contributed by atoms with Gasteiger partial charge in [0.2, 0.25) is 12.3 Å². The number of halogens is 1. The lowest BCUT2D eigenvalue weighted by Gasteiger charge is -2.19. The number of hydrogen-bond donors (Lipinski definition) is 1. The molecule has 222 valence electrons. The molecule has 12 heteroatoms. The first-order valence-corrected chi connectivity index (χ1v) is 13.5. The van der Waals surface area contributed by atoms with Crippen molar-refractivity contribution in [1.82, 2.24) is 14.9 Å². The number of anilines is 1. The number of ether oxygens (including phenoxy) is 1. The zero-order valence-electron chi connectivity index (χ0n) is 23.3. The molecule has 0 unspecified atom stereocenters. The Balaban J connectivity index is 1.48. The van der Waals surface area contributed by atoms with E-state index in [9.17, 15) is 23.6 Å². The molecule has 0 saturated heterocycles. The largest absolute Gasteiger partial charge is 0.473 e. The van der Waals surface area contributed by atoms with Crippen LogP contribution in [0.5, 0.6) is 0 Å². The van der Waals surface area contributed by atoms with Crippen LogP contribution in [0.1, 0.15) is 11.1 Å². The Morgan fingerprint density at radius 1 is 1.02 bits per heavy atom. The molecular weight excluding hydrogens is 569 g/mol. The highest BCUT2D eigenvalue weighted by atomic mass is 19.1. The Morgan fingerprint density at radius 3 is 2.39 bits per heavy atom. The van der Waals surface area contributed by atoms with Gasteiger partial charge in [-0.25, -0.2) is 14.4 Å². The SMILES string of the molecule is O=CN(OCc1ccccc1)c1cnc(-c2ccc(F)cc2)n(CC(=O)NC(=Cc2ccccc2)C(=O)C2=NCCO2)c1=O. The summed E-state index contributed by atoms with van der Waals surface area (Å²) in [7, 11) is 0. The lowest BCUT2D eigenvalue weighted by atomic mass is 10.1. The second kappa shape index (κ2) is 13.9. The monoisotopic (exact) mass is 595 g/mol. The summed E-state index contributed by atoms with van der Waals surface area (Å²) in [5.74, 6) is -2.03.